The summed E-state index contributed by atoms with van der Waals surface area (Å²) in [7, 11) is 0. The molecule has 1 aliphatic rings. The Morgan fingerprint density at radius 2 is 2.33 bits per heavy atom. The Hall–Kier alpha value is -0.260. The quantitative estimate of drug-likeness (QED) is 0.855. The second kappa shape index (κ2) is 5.18. The fourth-order valence-electron chi connectivity index (χ4n) is 1.54. The van der Waals surface area contributed by atoms with Crippen LogP contribution in [0.1, 0.15) is 22.5 Å². The minimum Gasteiger partial charge on any atom is -0.325 e. The van der Waals surface area contributed by atoms with E-state index >= 15 is 0 Å². The van der Waals surface area contributed by atoms with Crippen molar-refractivity contribution < 1.29 is 0 Å². The predicted octanol–water partition coefficient (Wildman–Crippen LogP) is 1.76. The molecule has 0 spiro atoms. The van der Waals surface area contributed by atoms with E-state index in [-0.39, 0.29) is 0 Å². The van der Waals surface area contributed by atoms with Gasteiger partial charge in [0, 0.05) is 29.5 Å². The van der Waals surface area contributed by atoms with Crippen LogP contribution >= 0.6 is 23.5 Å². The van der Waals surface area contributed by atoms with E-state index in [0.29, 0.717) is 11.8 Å². The van der Waals surface area contributed by atoms with Crippen LogP contribution in [0.5, 0.6) is 0 Å². The maximum absolute atomic E-state index is 5.61. The van der Waals surface area contributed by atoms with Gasteiger partial charge < -0.3 is 5.73 Å². The van der Waals surface area contributed by atoms with Gasteiger partial charge in [-0.25, -0.2) is 9.97 Å². The van der Waals surface area contributed by atoms with Crippen molar-refractivity contribution in [3.8, 4) is 0 Å². The maximum atomic E-state index is 5.61. The Bertz CT molecular complexity index is 337. The Labute approximate surface area is 98.6 Å². The molecule has 1 unspecified atom stereocenters. The predicted molar refractivity (Wildman–Crippen MR) is 67.2 cm³/mol. The molecule has 1 fully saturated rings. The van der Waals surface area contributed by atoms with Gasteiger partial charge >= 0.3 is 0 Å². The molecule has 1 saturated heterocycles. The zero-order chi connectivity index (χ0) is 10.7. The van der Waals surface area contributed by atoms with E-state index < -0.39 is 0 Å². The van der Waals surface area contributed by atoms with Crippen molar-refractivity contribution >= 4 is 23.5 Å². The Morgan fingerprint density at radius 3 is 3.00 bits per heavy atom. The zero-order valence-corrected chi connectivity index (χ0v) is 10.4. The van der Waals surface area contributed by atoms with Crippen LogP contribution < -0.4 is 5.73 Å². The first-order chi connectivity index (χ1) is 7.29. The van der Waals surface area contributed by atoms with Crippen LogP contribution in [0, 0.1) is 6.92 Å². The van der Waals surface area contributed by atoms with Crippen molar-refractivity contribution in [2.24, 2.45) is 5.73 Å². The molecule has 5 heteroatoms. The van der Waals surface area contributed by atoms with E-state index in [4.69, 9.17) is 5.73 Å². The molecule has 1 aromatic heterocycles. The molecule has 1 aromatic rings. The van der Waals surface area contributed by atoms with Gasteiger partial charge in [0.25, 0.3) is 0 Å². The third-order valence-electron chi connectivity index (χ3n) is 2.24. The summed E-state index contributed by atoms with van der Waals surface area (Å²) in [5.41, 5.74) is 7.59. The lowest BCUT2D eigenvalue weighted by atomic mass is 10.3. The summed E-state index contributed by atoms with van der Waals surface area (Å²) in [5.74, 6) is 4.53. The van der Waals surface area contributed by atoms with Crippen molar-refractivity contribution in [3.63, 3.8) is 0 Å². The first-order valence-electron chi connectivity index (χ1n) is 5.03. The lowest BCUT2D eigenvalue weighted by molar-refractivity contribution is 0.851. The van der Waals surface area contributed by atoms with Gasteiger partial charge in [-0.3, -0.25) is 0 Å². The van der Waals surface area contributed by atoms with Crippen molar-refractivity contribution in [1.29, 1.82) is 0 Å². The van der Waals surface area contributed by atoms with Crippen LogP contribution in [0.4, 0.5) is 0 Å². The van der Waals surface area contributed by atoms with Gasteiger partial charge in [-0.15, -0.1) is 11.8 Å². The van der Waals surface area contributed by atoms with E-state index in [1.807, 2.05) is 36.5 Å². The van der Waals surface area contributed by atoms with Crippen LogP contribution in [0.2, 0.25) is 0 Å². The average molecular weight is 241 g/mol. The maximum Gasteiger partial charge on any atom is 0.142 e. The van der Waals surface area contributed by atoms with Crippen LogP contribution in [-0.4, -0.2) is 27.2 Å². The summed E-state index contributed by atoms with van der Waals surface area (Å²) < 4.78 is 0. The Morgan fingerprint density at radius 1 is 1.47 bits per heavy atom. The van der Waals surface area contributed by atoms with Crippen molar-refractivity contribution in [3.05, 3.63) is 23.3 Å². The number of thioether (sulfide) groups is 2. The number of hydrogen-bond donors (Lipinski definition) is 1. The second-order valence-electron chi connectivity index (χ2n) is 3.50. The van der Waals surface area contributed by atoms with Crippen LogP contribution in [0.25, 0.3) is 0 Å². The smallest absolute Gasteiger partial charge is 0.142 e. The van der Waals surface area contributed by atoms with E-state index in [1.54, 1.807) is 0 Å². The molecule has 2 N–H and O–H groups in total. The minimum absolute atomic E-state index is 0.453. The van der Waals surface area contributed by atoms with Gasteiger partial charge in [-0.05, 0) is 13.0 Å². The van der Waals surface area contributed by atoms with E-state index in [9.17, 15) is 0 Å². The molecule has 3 nitrogen and oxygen atoms in total. The minimum atomic E-state index is 0.453. The van der Waals surface area contributed by atoms with Gasteiger partial charge in [-0.1, -0.05) is 0 Å². The van der Waals surface area contributed by atoms with Crippen molar-refractivity contribution in [1.82, 2.24) is 9.97 Å². The third-order valence-corrected chi connectivity index (χ3v) is 4.99. The highest BCUT2D eigenvalue weighted by molar-refractivity contribution is 8.06. The van der Waals surface area contributed by atoms with Crippen LogP contribution in [-0.2, 0) is 6.54 Å². The van der Waals surface area contributed by atoms with Crippen LogP contribution in [0.3, 0.4) is 0 Å². The second-order valence-corrected chi connectivity index (χ2v) is 5.96. The largest absolute Gasteiger partial charge is 0.325 e. The summed E-state index contributed by atoms with van der Waals surface area (Å²) in [6, 6.07) is 1.96. The number of nitrogens with zero attached hydrogens (tertiary/aromatic N) is 2. The highest BCUT2D eigenvalue weighted by Gasteiger charge is 2.19. The average Bonchev–Trinajstić information content (AvgIpc) is 2.29. The number of aryl methyl sites for hydroxylation is 1. The summed E-state index contributed by atoms with van der Waals surface area (Å²) >= 11 is 3.94. The first kappa shape index (κ1) is 11.2. The highest BCUT2D eigenvalue weighted by Crippen LogP contribution is 2.34. The van der Waals surface area contributed by atoms with Gasteiger partial charge in [0.2, 0.25) is 0 Å². The lowest BCUT2D eigenvalue weighted by Gasteiger charge is -2.20. The number of nitrogens with two attached hydrogens (primary N) is 1. The molecule has 15 heavy (non-hydrogen) atoms. The number of hydrogen-bond acceptors (Lipinski definition) is 5. The Balaban J connectivity index is 2.22. The highest BCUT2D eigenvalue weighted by atomic mass is 32.2. The molecule has 0 aromatic carbocycles. The number of rotatable bonds is 2. The molecule has 1 atom stereocenters. The lowest BCUT2D eigenvalue weighted by Crippen LogP contribution is -2.13. The topological polar surface area (TPSA) is 51.8 Å². The summed E-state index contributed by atoms with van der Waals surface area (Å²) in [5, 5.41) is 0.453. The molecule has 0 amide bonds. The third kappa shape index (κ3) is 2.86. The zero-order valence-electron chi connectivity index (χ0n) is 8.77. The molecular weight excluding hydrogens is 226 g/mol. The molecule has 0 saturated carbocycles. The summed E-state index contributed by atoms with van der Waals surface area (Å²) in [4.78, 5) is 9.01. The van der Waals surface area contributed by atoms with E-state index in [2.05, 4.69) is 9.97 Å². The van der Waals surface area contributed by atoms with E-state index in [1.165, 1.54) is 11.5 Å². The molecule has 2 heterocycles. The molecule has 1 aliphatic heterocycles. The van der Waals surface area contributed by atoms with Gasteiger partial charge in [-0.2, -0.15) is 11.8 Å². The van der Waals surface area contributed by atoms with Crippen LogP contribution in [0.15, 0.2) is 6.07 Å². The molecule has 0 aliphatic carbocycles. The standard InChI is InChI=1S/C10H15N3S2/c1-7-4-8(5-11)13-10(12-7)9-6-14-2-3-15-9/h4,9H,2-3,5-6,11H2,1H3. The normalized spacial score (nSPS) is 21.6. The SMILES string of the molecule is Cc1cc(CN)nc(C2CSCCS2)n1. The first-order valence-corrected chi connectivity index (χ1v) is 7.24. The molecule has 0 bridgehead atoms. The molecule has 82 valence electrons. The van der Waals surface area contributed by atoms with E-state index in [0.717, 1.165) is 23.0 Å². The van der Waals surface area contributed by atoms with Crippen molar-refractivity contribution in [2.45, 2.75) is 18.7 Å². The summed E-state index contributed by atoms with van der Waals surface area (Å²) in [6.07, 6.45) is 0. The fraction of sp³-hybridized carbons (Fsp3) is 0.600. The monoisotopic (exact) mass is 241 g/mol. The fourth-order valence-corrected chi connectivity index (χ4v) is 4.14. The van der Waals surface area contributed by atoms with Gasteiger partial charge in [0.05, 0.1) is 10.9 Å². The summed E-state index contributed by atoms with van der Waals surface area (Å²) in [6.45, 7) is 2.51. The molecule has 2 rings (SSSR count). The van der Waals surface area contributed by atoms with Gasteiger partial charge in [0.15, 0.2) is 0 Å². The molecular formula is C10H15N3S2. The van der Waals surface area contributed by atoms with Gasteiger partial charge in [0.1, 0.15) is 5.82 Å². The molecule has 0 radical (unpaired) electrons. The Kier molecular flexibility index (Phi) is 3.88. The number of aromatic nitrogens is 2. The van der Waals surface area contributed by atoms with Crippen molar-refractivity contribution in [2.75, 3.05) is 17.3 Å².